The summed E-state index contributed by atoms with van der Waals surface area (Å²) >= 11 is 0. The van der Waals surface area contributed by atoms with Crippen molar-refractivity contribution in [1.82, 2.24) is 9.80 Å². The van der Waals surface area contributed by atoms with Gasteiger partial charge in [0.15, 0.2) is 5.03 Å². The molecule has 0 spiro atoms. The molecule has 22 heavy (non-hydrogen) atoms. The summed E-state index contributed by atoms with van der Waals surface area (Å²) in [4.78, 5) is 14.7. The Bertz CT molecular complexity index is 418. The summed E-state index contributed by atoms with van der Waals surface area (Å²) in [6.45, 7) is 9.53. The molecular formula is C14H26N4O4. The number of guanidine groups is 1. The van der Waals surface area contributed by atoms with Gasteiger partial charge in [0.05, 0.1) is 12.7 Å². The third-order valence-corrected chi connectivity index (χ3v) is 4.08. The first-order chi connectivity index (χ1) is 10.5. The first-order valence-corrected chi connectivity index (χ1v) is 7.99. The highest BCUT2D eigenvalue weighted by atomic mass is 16.7. The summed E-state index contributed by atoms with van der Waals surface area (Å²) in [5.41, 5.74) is 0. The number of hydrogen-bond donors (Lipinski definition) is 0. The number of nitrogens with zero attached hydrogens (tertiary/aromatic N) is 4. The summed E-state index contributed by atoms with van der Waals surface area (Å²) in [5, 5.41) is 13.8. The van der Waals surface area contributed by atoms with Crippen LogP contribution in [0.3, 0.4) is 0 Å². The average Bonchev–Trinajstić information content (AvgIpc) is 3.03. The quantitative estimate of drug-likeness (QED) is 0.521. The maximum atomic E-state index is 10.9. The summed E-state index contributed by atoms with van der Waals surface area (Å²) < 4.78 is 11.3. The van der Waals surface area contributed by atoms with Crippen LogP contribution in [0.15, 0.2) is 5.10 Å². The highest BCUT2D eigenvalue weighted by molar-refractivity contribution is 5.81. The molecule has 2 rings (SSSR count). The minimum Gasteiger partial charge on any atom is -0.378 e. The maximum absolute atomic E-state index is 10.9. The maximum Gasteiger partial charge on any atom is 0.276 e. The summed E-state index contributed by atoms with van der Waals surface area (Å²) in [6, 6.07) is 0. The third kappa shape index (κ3) is 4.30. The van der Waals surface area contributed by atoms with Crippen LogP contribution in [0, 0.1) is 16.0 Å². The van der Waals surface area contributed by atoms with Gasteiger partial charge in [0.1, 0.15) is 11.3 Å². The largest absolute Gasteiger partial charge is 0.378 e. The van der Waals surface area contributed by atoms with Gasteiger partial charge in [-0.25, -0.2) is 10.1 Å². The Balaban J connectivity index is 2.02. The van der Waals surface area contributed by atoms with Gasteiger partial charge in [0.25, 0.3) is 5.96 Å². The molecule has 0 amide bonds. The lowest BCUT2D eigenvalue weighted by Gasteiger charge is -2.27. The van der Waals surface area contributed by atoms with Crippen molar-refractivity contribution in [3.8, 4) is 0 Å². The van der Waals surface area contributed by atoms with Crippen molar-refractivity contribution in [1.29, 1.82) is 0 Å². The second kappa shape index (κ2) is 7.73. The molecule has 8 heteroatoms. The van der Waals surface area contributed by atoms with Gasteiger partial charge in [-0.1, -0.05) is 6.92 Å². The number of nitro groups is 1. The molecular weight excluding hydrogens is 288 g/mol. The van der Waals surface area contributed by atoms with Crippen LogP contribution in [0.1, 0.15) is 33.6 Å². The molecule has 2 heterocycles. The van der Waals surface area contributed by atoms with Gasteiger partial charge in [0, 0.05) is 32.2 Å². The predicted octanol–water partition coefficient (Wildman–Crippen LogP) is 1.35. The zero-order chi connectivity index (χ0) is 16.1. The Hall–Kier alpha value is -1.41. The number of hydrazone groups is 1. The highest BCUT2D eigenvalue weighted by Gasteiger charge is 2.35. The average molecular weight is 314 g/mol. The second-order valence-corrected chi connectivity index (χ2v) is 5.99. The van der Waals surface area contributed by atoms with E-state index >= 15 is 0 Å². The standard InChI is InChI=1S/C14H26N4O4/c1-4-7-21-12(3)17-6-5-16(14(17)15-18(19)20)9-13-8-11(2)22-10-13/h11-13H,4-10H2,1-3H3. The minimum absolute atomic E-state index is 0.206. The van der Waals surface area contributed by atoms with Crippen molar-refractivity contribution in [3.63, 3.8) is 0 Å². The fourth-order valence-electron chi connectivity index (χ4n) is 3.04. The summed E-state index contributed by atoms with van der Waals surface area (Å²) in [5.74, 6) is 0.812. The lowest BCUT2D eigenvalue weighted by molar-refractivity contribution is -0.486. The van der Waals surface area contributed by atoms with Crippen molar-refractivity contribution >= 4 is 5.96 Å². The summed E-state index contributed by atoms with van der Waals surface area (Å²) in [7, 11) is 0. The fourth-order valence-corrected chi connectivity index (χ4v) is 3.04. The van der Waals surface area contributed by atoms with Crippen molar-refractivity contribution in [2.45, 2.75) is 45.9 Å². The molecule has 3 atom stereocenters. The van der Waals surface area contributed by atoms with Crippen LogP contribution in [-0.2, 0) is 9.47 Å². The van der Waals surface area contributed by atoms with E-state index in [2.05, 4.69) is 12.0 Å². The number of hydrogen-bond acceptors (Lipinski definition) is 4. The van der Waals surface area contributed by atoms with Crippen molar-refractivity contribution in [2.24, 2.45) is 11.0 Å². The first kappa shape index (κ1) is 17.0. The first-order valence-electron chi connectivity index (χ1n) is 7.99. The van der Waals surface area contributed by atoms with E-state index in [9.17, 15) is 10.1 Å². The topological polar surface area (TPSA) is 80.4 Å². The SMILES string of the molecule is CCCOC(C)N1CCN(CC2COC(C)C2)C1=N[N+](=O)[O-]. The smallest absolute Gasteiger partial charge is 0.276 e. The number of rotatable bonds is 7. The molecule has 2 aliphatic heterocycles. The molecule has 0 radical (unpaired) electrons. The third-order valence-electron chi connectivity index (χ3n) is 4.08. The monoisotopic (exact) mass is 314 g/mol. The van der Waals surface area contributed by atoms with Gasteiger partial charge in [-0.15, -0.1) is 0 Å². The molecule has 0 saturated carbocycles. The van der Waals surface area contributed by atoms with E-state index in [-0.39, 0.29) is 12.3 Å². The molecule has 0 aliphatic carbocycles. The minimum atomic E-state index is -0.624. The van der Waals surface area contributed by atoms with E-state index in [1.165, 1.54) is 0 Å². The van der Waals surface area contributed by atoms with E-state index in [0.29, 0.717) is 31.6 Å². The number of ether oxygens (including phenoxy) is 2. The molecule has 0 aromatic heterocycles. The van der Waals surface area contributed by atoms with Gasteiger partial charge in [-0.3, -0.25) is 0 Å². The molecule has 3 unspecified atom stereocenters. The fraction of sp³-hybridized carbons (Fsp3) is 0.929. The van der Waals surface area contributed by atoms with E-state index in [0.717, 1.165) is 25.9 Å². The zero-order valence-electron chi connectivity index (χ0n) is 13.6. The molecule has 0 aromatic carbocycles. The van der Waals surface area contributed by atoms with Crippen LogP contribution >= 0.6 is 0 Å². The van der Waals surface area contributed by atoms with E-state index in [1.807, 2.05) is 23.6 Å². The van der Waals surface area contributed by atoms with Crippen LogP contribution in [-0.4, -0.2) is 66.0 Å². The lowest BCUT2D eigenvalue weighted by atomic mass is 10.1. The van der Waals surface area contributed by atoms with Gasteiger partial charge in [-0.05, 0) is 26.7 Å². The summed E-state index contributed by atoms with van der Waals surface area (Å²) in [6.07, 6.45) is 1.97. The Morgan fingerprint density at radius 3 is 2.91 bits per heavy atom. The normalized spacial score (nSPS) is 28.6. The van der Waals surface area contributed by atoms with Gasteiger partial charge in [-0.2, -0.15) is 0 Å². The Labute approximate surface area is 131 Å². The van der Waals surface area contributed by atoms with Crippen LogP contribution in [0.4, 0.5) is 0 Å². The molecule has 0 aromatic rings. The zero-order valence-corrected chi connectivity index (χ0v) is 13.6. The second-order valence-electron chi connectivity index (χ2n) is 5.99. The van der Waals surface area contributed by atoms with Gasteiger partial charge >= 0.3 is 0 Å². The van der Waals surface area contributed by atoms with Crippen LogP contribution in [0.2, 0.25) is 0 Å². The lowest BCUT2D eigenvalue weighted by Crippen LogP contribution is -2.42. The molecule has 126 valence electrons. The van der Waals surface area contributed by atoms with Gasteiger partial charge < -0.3 is 19.3 Å². The van der Waals surface area contributed by atoms with E-state index in [1.54, 1.807) is 0 Å². The van der Waals surface area contributed by atoms with Crippen molar-refractivity contribution < 1.29 is 14.5 Å². The predicted molar refractivity (Wildman–Crippen MR) is 81.9 cm³/mol. The van der Waals surface area contributed by atoms with E-state index < -0.39 is 5.03 Å². The molecule has 0 bridgehead atoms. The Kier molecular flexibility index (Phi) is 5.96. The highest BCUT2D eigenvalue weighted by Crippen LogP contribution is 2.23. The van der Waals surface area contributed by atoms with Crippen LogP contribution in [0.25, 0.3) is 0 Å². The molecule has 8 nitrogen and oxygen atoms in total. The Morgan fingerprint density at radius 1 is 1.55 bits per heavy atom. The van der Waals surface area contributed by atoms with Gasteiger partial charge in [0.2, 0.25) is 0 Å². The Morgan fingerprint density at radius 2 is 2.32 bits per heavy atom. The van der Waals surface area contributed by atoms with Crippen molar-refractivity contribution in [2.75, 3.05) is 32.8 Å². The molecule has 0 N–H and O–H groups in total. The van der Waals surface area contributed by atoms with Crippen LogP contribution in [0.5, 0.6) is 0 Å². The molecule has 2 saturated heterocycles. The molecule has 2 aliphatic rings. The van der Waals surface area contributed by atoms with E-state index in [4.69, 9.17) is 9.47 Å². The van der Waals surface area contributed by atoms with Crippen molar-refractivity contribution in [3.05, 3.63) is 10.1 Å². The van der Waals surface area contributed by atoms with Crippen LogP contribution < -0.4 is 0 Å². The molecule has 2 fully saturated rings.